The van der Waals surface area contributed by atoms with E-state index in [-0.39, 0.29) is 17.7 Å². The maximum atomic E-state index is 12.7. The molecule has 0 unspecified atom stereocenters. The van der Waals surface area contributed by atoms with Gasteiger partial charge in [0.15, 0.2) is 0 Å². The fourth-order valence-electron chi connectivity index (χ4n) is 3.70. The maximum absolute atomic E-state index is 12.7. The zero-order chi connectivity index (χ0) is 22.2. The number of anilines is 1. The van der Waals surface area contributed by atoms with E-state index < -0.39 is 12.5 Å². The molecule has 1 aliphatic carbocycles. The lowest BCUT2D eigenvalue weighted by Gasteiger charge is -2.31. The van der Waals surface area contributed by atoms with Crippen LogP contribution in [-0.2, 0) is 4.79 Å². The molecule has 0 aliphatic heterocycles. The molecule has 0 bridgehead atoms. The van der Waals surface area contributed by atoms with Crippen molar-refractivity contribution in [2.24, 2.45) is 0 Å². The molecular weight excluding hydrogens is 402 g/mol. The van der Waals surface area contributed by atoms with Crippen molar-refractivity contribution in [3.8, 4) is 5.75 Å². The first-order chi connectivity index (χ1) is 14.9. The van der Waals surface area contributed by atoms with Crippen LogP contribution >= 0.6 is 0 Å². The number of hydrogen-bond donors (Lipinski definition) is 1. The maximum Gasteiger partial charge on any atom is 0.387 e. The minimum atomic E-state index is -2.94. The minimum absolute atomic E-state index is 0.00787. The van der Waals surface area contributed by atoms with Crippen LogP contribution in [0.4, 0.5) is 14.5 Å². The van der Waals surface area contributed by atoms with Crippen LogP contribution in [0.1, 0.15) is 48.0 Å². The van der Waals surface area contributed by atoms with Gasteiger partial charge >= 0.3 is 6.61 Å². The number of ether oxygens (including phenoxy) is 1. The minimum Gasteiger partial charge on any atom is -0.434 e. The van der Waals surface area contributed by atoms with Crippen molar-refractivity contribution >= 4 is 23.6 Å². The van der Waals surface area contributed by atoms with Crippen molar-refractivity contribution in [1.82, 2.24) is 4.90 Å². The topological polar surface area (TPSA) is 58.6 Å². The zero-order valence-electron chi connectivity index (χ0n) is 17.4. The molecule has 1 N–H and O–H groups in total. The Morgan fingerprint density at radius 2 is 1.74 bits per heavy atom. The Balaban J connectivity index is 1.59. The molecule has 2 aromatic carbocycles. The normalized spacial score (nSPS) is 14.6. The van der Waals surface area contributed by atoms with Gasteiger partial charge in [-0.25, -0.2) is 0 Å². The number of alkyl halides is 2. The molecule has 1 fully saturated rings. The summed E-state index contributed by atoms with van der Waals surface area (Å²) in [5.41, 5.74) is 1.47. The number of benzene rings is 2. The van der Waals surface area contributed by atoms with Gasteiger partial charge in [0.2, 0.25) is 5.91 Å². The molecule has 0 aromatic heterocycles. The summed E-state index contributed by atoms with van der Waals surface area (Å²) in [6, 6.07) is 13.2. The molecule has 0 radical (unpaired) electrons. The Labute approximate surface area is 180 Å². The third kappa shape index (κ3) is 6.38. The van der Waals surface area contributed by atoms with E-state index in [1.807, 2.05) is 11.9 Å². The summed E-state index contributed by atoms with van der Waals surface area (Å²) in [6.07, 6.45) is 8.25. The summed E-state index contributed by atoms with van der Waals surface area (Å²) >= 11 is 0. The second kappa shape index (κ2) is 10.7. The number of nitrogens with one attached hydrogen (secondary N) is 1. The van der Waals surface area contributed by atoms with E-state index in [1.54, 1.807) is 42.5 Å². The van der Waals surface area contributed by atoms with Crippen molar-refractivity contribution in [2.45, 2.75) is 44.8 Å². The molecule has 7 heteroatoms. The fraction of sp³-hybridized carbons (Fsp3) is 0.333. The first-order valence-corrected chi connectivity index (χ1v) is 10.3. The summed E-state index contributed by atoms with van der Waals surface area (Å²) in [6.45, 7) is -2.94. The molecule has 164 valence electrons. The molecule has 3 rings (SSSR count). The van der Waals surface area contributed by atoms with Gasteiger partial charge in [0.05, 0.1) is 0 Å². The van der Waals surface area contributed by atoms with E-state index in [2.05, 4.69) is 10.1 Å². The second-order valence-electron chi connectivity index (χ2n) is 7.52. The summed E-state index contributed by atoms with van der Waals surface area (Å²) in [5.74, 6) is -0.461. The Morgan fingerprint density at radius 1 is 1.06 bits per heavy atom. The van der Waals surface area contributed by atoms with Crippen LogP contribution in [0.15, 0.2) is 54.6 Å². The van der Waals surface area contributed by atoms with Gasteiger partial charge in [-0.2, -0.15) is 8.78 Å². The highest BCUT2D eigenvalue weighted by atomic mass is 19.3. The number of carbonyl (C=O) groups is 2. The van der Waals surface area contributed by atoms with Gasteiger partial charge in [0, 0.05) is 36.0 Å². The van der Waals surface area contributed by atoms with Gasteiger partial charge in [-0.3, -0.25) is 9.59 Å². The van der Waals surface area contributed by atoms with Crippen LogP contribution in [0.3, 0.4) is 0 Å². The molecule has 0 heterocycles. The molecule has 31 heavy (non-hydrogen) atoms. The number of rotatable bonds is 7. The number of amides is 2. The van der Waals surface area contributed by atoms with Crippen molar-refractivity contribution in [2.75, 3.05) is 12.4 Å². The lowest BCUT2D eigenvalue weighted by Crippen LogP contribution is -2.38. The number of para-hydroxylation sites is 1. The van der Waals surface area contributed by atoms with Crippen LogP contribution in [-0.4, -0.2) is 36.4 Å². The number of halogens is 2. The van der Waals surface area contributed by atoms with Gasteiger partial charge in [-0.15, -0.1) is 0 Å². The number of carbonyl (C=O) groups excluding carboxylic acids is 2. The van der Waals surface area contributed by atoms with Crippen molar-refractivity contribution in [3.63, 3.8) is 0 Å². The molecule has 2 aromatic rings. The van der Waals surface area contributed by atoms with Crippen LogP contribution < -0.4 is 10.1 Å². The van der Waals surface area contributed by atoms with E-state index in [0.717, 1.165) is 25.7 Å². The third-order valence-electron chi connectivity index (χ3n) is 5.39. The molecule has 0 spiro atoms. The highest BCUT2D eigenvalue weighted by Gasteiger charge is 2.22. The Bertz CT molecular complexity index is 923. The van der Waals surface area contributed by atoms with Gasteiger partial charge in [-0.05, 0) is 49.2 Å². The highest BCUT2D eigenvalue weighted by molar-refractivity contribution is 6.02. The average molecular weight is 428 g/mol. The van der Waals surface area contributed by atoms with E-state index in [4.69, 9.17) is 0 Å². The first kappa shape index (κ1) is 22.5. The smallest absolute Gasteiger partial charge is 0.387 e. The van der Waals surface area contributed by atoms with E-state index in [1.165, 1.54) is 24.6 Å². The van der Waals surface area contributed by atoms with Crippen LogP contribution in [0.5, 0.6) is 5.75 Å². The third-order valence-corrected chi connectivity index (χ3v) is 5.39. The largest absolute Gasteiger partial charge is 0.434 e. The lowest BCUT2D eigenvalue weighted by molar-refractivity contribution is -0.111. The van der Waals surface area contributed by atoms with Crippen molar-refractivity contribution in [3.05, 3.63) is 65.7 Å². The molecule has 5 nitrogen and oxygen atoms in total. The second-order valence-corrected chi connectivity index (χ2v) is 7.52. The zero-order valence-corrected chi connectivity index (χ0v) is 17.4. The lowest BCUT2D eigenvalue weighted by atomic mass is 9.94. The summed E-state index contributed by atoms with van der Waals surface area (Å²) in [7, 11) is 1.84. The predicted molar refractivity (Wildman–Crippen MR) is 116 cm³/mol. The molecule has 1 aliphatic rings. The summed E-state index contributed by atoms with van der Waals surface area (Å²) < 4.78 is 29.4. The van der Waals surface area contributed by atoms with Crippen LogP contribution in [0, 0.1) is 0 Å². The molecule has 1 saturated carbocycles. The summed E-state index contributed by atoms with van der Waals surface area (Å²) in [4.78, 5) is 26.7. The molecule has 2 amide bonds. The predicted octanol–water partition coefficient (Wildman–Crippen LogP) is 5.34. The van der Waals surface area contributed by atoms with Gasteiger partial charge in [0.25, 0.3) is 5.91 Å². The van der Waals surface area contributed by atoms with Crippen LogP contribution in [0.25, 0.3) is 6.08 Å². The molecule has 0 atom stereocenters. The van der Waals surface area contributed by atoms with Gasteiger partial charge in [-0.1, -0.05) is 37.5 Å². The Kier molecular flexibility index (Phi) is 7.76. The quantitative estimate of drug-likeness (QED) is 0.605. The highest BCUT2D eigenvalue weighted by Crippen LogP contribution is 2.24. The number of hydrogen-bond acceptors (Lipinski definition) is 3. The monoisotopic (exact) mass is 428 g/mol. The van der Waals surface area contributed by atoms with Gasteiger partial charge in [0.1, 0.15) is 5.75 Å². The number of nitrogens with zero attached hydrogens (tertiary/aromatic N) is 1. The SMILES string of the molecule is CN(C(=O)c1ccc(NC(=O)/C=C/c2ccccc2OC(F)F)cc1)C1CCCCC1. The van der Waals surface area contributed by atoms with Crippen molar-refractivity contribution < 1.29 is 23.1 Å². The Morgan fingerprint density at radius 3 is 2.42 bits per heavy atom. The standard InChI is InChI=1S/C24H26F2N2O3/c1-28(20-8-3-2-4-9-20)23(30)18-11-14-19(15-12-18)27-22(29)16-13-17-7-5-6-10-21(17)31-24(25)26/h5-7,10-16,20,24H,2-4,8-9H2,1H3,(H,27,29)/b16-13+. The van der Waals surface area contributed by atoms with E-state index in [9.17, 15) is 18.4 Å². The molecular formula is C24H26F2N2O3. The first-order valence-electron chi connectivity index (χ1n) is 10.3. The molecule has 0 saturated heterocycles. The average Bonchev–Trinajstić information content (AvgIpc) is 2.78. The fourth-order valence-corrected chi connectivity index (χ4v) is 3.70. The van der Waals surface area contributed by atoms with E-state index in [0.29, 0.717) is 16.8 Å². The van der Waals surface area contributed by atoms with Crippen molar-refractivity contribution in [1.29, 1.82) is 0 Å². The summed E-state index contributed by atoms with van der Waals surface area (Å²) in [5, 5.41) is 2.69. The van der Waals surface area contributed by atoms with Gasteiger partial charge < -0.3 is 15.0 Å². The van der Waals surface area contributed by atoms with Crippen LogP contribution in [0.2, 0.25) is 0 Å². The van der Waals surface area contributed by atoms with E-state index >= 15 is 0 Å². The Hall–Kier alpha value is -3.22.